The van der Waals surface area contributed by atoms with Gasteiger partial charge in [0.25, 0.3) is 0 Å². The quantitative estimate of drug-likeness (QED) is 0.264. The third-order valence-corrected chi connectivity index (χ3v) is 1.14. The fourth-order valence-electron chi connectivity index (χ4n) is 0.598. The monoisotopic (exact) mass is 183 g/mol. The van der Waals surface area contributed by atoms with Gasteiger partial charge in [-0.05, 0) is 19.3 Å². The molecule has 0 atom stereocenters. The van der Waals surface area contributed by atoms with Gasteiger partial charge in [0.05, 0.1) is 0 Å². The van der Waals surface area contributed by atoms with Gasteiger partial charge < -0.3 is 14.7 Å². The Balaban J connectivity index is 0. The number of rotatable bonds is 5. The van der Waals surface area contributed by atoms with Gasteiger partial charge in [-0.3, -0.25) is 4.79 Å². The second kappa shape index (κ2) is 8.99. The summed E-state index contributed by atoms with van der Waals surface area (Å²) in [6, 6.07) is 0. The van der Waals surface area contributed by atoms with E-state index in [1.165, 1.54) is 0 Å². The third kappa shape index (κ3) is 9.90. The van der Waals surface area contributed by atoms with E-state index in [4.69, 9.17) is 0 Å². The summed E-state index contributed by atoms with van der Waals surface area (Å²) in [5.74, 6) is 2.91. The summed E-state index contributed by atoms with van der Waals surface area (Å²) in [4.78, 5) is 24.1. The molecule has 0 fully saturated rings. The number of aliphatic carboxylic acids is 1. The first-order valence-corrected chi connectivity index (χ1v) is 3.26. The van der Waals surface area contributed by atoms with E-state index >= 15 is 0 Å². The number of hydrogen-bond acceptors (Lipinski definition) is 5. The topological polar surface area (TPSA) is 92.5 Å². The number of unbranched alkanes of at least 4 members (excludes halogenated alkanes) is 1. The Kier molecular flexibility index (Phi) is 10.8. The molecule has 0 aliphatic carbocycles. The van der Waals surface area contributed by atoms with Gasteiger partial charge >= 0.3 is 35.5 Å². The molecular formula is C6H10NNaO4. The van der Waals surface area contributed by atoms with Gasteiger partial charge in [0.15, 0.2) is 0 Å². The van der Waals surface area contributed by atoms with Crippen LogP contribution in [0.3, 0.4) is 0 Å². The molecule has 0 radical (unpaired) electrons. The molecule has 0 aliphatic rings. The van der Waals surface area contributed by atoms with Crippen molar-refractivity contribution in [2.45, 2.75) is 25.7 Å². The molecule has 0 aromatic carbocycles. The number of carboxylic acid groups (broad SMARTS) is 1. The van der Waals surface area contributed by atoms with Crippen molar-refractivity contribution in [1.82, 2.24) is 0 Å². The van der Waals surface area contributed by atoms with E-state index in [2.05, 4.69) is 10.7 Å². The average Bonchev–Trinajstić information content (AvgIpc) is 1.97. The molecular weight excluding hydrogens is 173 g/mol. The van der Waals surface area contributed by atoms with E-state index in [-0.39, 0.29) is 42.4 Å². The molecule has 6 heteroatoms. The standard InChI is InChI=1S/C6H11NO4.Na/c7-11-6(10)4-2-1-3-5(8)9;/h1-4,7H2,(H,8,9);/q;+1/p-1. The SMILES string of the molecule is NOC(=O)CCCCC(=O)[O-].[Na+]. The molecule has 0 saturated heterocycles. The summed E-state index contributed by atoms with van der Waals surface area (Å²) in [5, 5.41) is 9.86. The van der Waals surface area contributed by atoms with E-state index in [0.29, 0.717) is 12.8 Å². The van der Waals surface area contributed by atoms with Crippen LogP contribution in [-0.2, 0) is 14.4 Å². The molecule has 0 heterocycles. The van der Waals surface area contributed by atoms with E-state index in [9.17, 15) is 14.7 Å². The summed E-state index contributed by atoms with van der Waals surface area (Å²) in [6.45, 7) is 0. The Morgan fingerprint density at radius 3 is 2.17 bits per heavy atom. The molecule has 0 saturated carbocycles. The summed E-state index contributed by atoms with van der Waals surface area (Å²) < 4.78 is 0. The van der Waals surface area contributed by atoms with Gasteiger partial charge in [0.1, 0.15) is 0 Å². The van der Waals surface area contributed by atoms with Crippen LogP contribution in [-0.4, -0.2) is 11.9 Å². The molecule has 0 bridgehead atoms. The fraction of sp³-hybridized carbons (Fsp3) is 0.667. The van der Waals surface area contributed by atoms with E-state index < -0.39 is 11.9 Å². The van der Waals surface area contributed by atoms with Crippen LogP contribution in [0, 0.1) is 0 Å². The first-order chi connectivity index (χ1) is 5.16. The molecule has 0 aromatic rings. The van der Waals surface area contributed by atoms with Crippen molar-refractivity contribution < 1.29 is 49.1 Å². The van der Waals surface area contributed by atoms with Gasteiger partial charge in [-0.25, -0.2) is 0 Å². The van der Waals surface area contributed by atoms with Crippen molar-refractivity contribution in [2.24, 2.45) is 5.90 Å². The van der Waals surface area contributed by atoms with Gasteiger partial charge in [-0.1, -0.05) is 0 Å². The van der Waals surface area contributed by atoms with Gasteiger partial charge in [-0.15, -0.1) is 0 Å². The minimum atomic E-state index is -1.11. The predicted molar refractivity (Wildman–Crippen MR) is 33.8 cm³/mol. The molecule has 64 valence electrons. The van der Waals surface area contributed by atoms with Crippen LogP contribution in [0.15, 0.2) is 0 Å². The maximum absolute atomic E-state index is 10.3. The van der Waals surface area contributed by atoms with E-state index in [1.54, 1.807) is 0 Å². The second-order valence-electron chi connectivity index (χ2n) is 2.07. The Bertz CT molecular complexity index is 150. The molecule has 2 N–H and O–H groups in total. The maximum Gasteiger partial charge on any atom is 1.00 e. The van der Waals surface area contributed by atoms with Crippen LogP contribution in [0.5, 0.6) is 0 Å². The van der Waals surface area contributed by atoms with E-state index in [0.717, 1.165) is 0 Å². The van der Waals surface area contributed by atoms with Crippen molar-refractivity contribution in [3.8, 4) is 0 Å². The van der Waals surface area contributed by atoms with Crippen LogP contribution in [0.1, 0.15) is 25.7 Å². The van der Waals surface area contributed by atoms with Crippen molar-refractivity contribution >= 4 is 11.9 Å². The Labute approximate surface area is 92.5 Å². The average molecular weight is 183 g/mol. The predicted octanol–water partition coefficient (Wildman–Crippen LogP) is -4.28. The molecule has 0 spiro atoms. The van der Waals surface area contributed by atoms with Crippen LogP contribution in [0.2, 0.25) is 0 Å². The van der Waals surface area contributed by atoms with Crippen LogP contribution in [0.4, 0.5) is 0 Å². The van der Waals surface area contributed by atoms with Crippen LogP contribution >= 0.6 is 0 Å². The van der Waals surface area contributed by atoms with Crippen molar-refractivity contribution in [3.05, 3.63) is 0 Å². The molecule has 0 aromatic heterocycles. The van der Waals surface area contributed by atoms with Crippen molar-refractivity contribution in [1.29, 1.82) is 0 Å². The molecule has 12 heavy (non-hydrogen) atoms. The third-order valence-electron chi connectivity index (χ3n) is 1.14. The summed E-state index contributed by atoms with van der Waals surface area (Å²) >= 11 is 0. The van der Waals surface area contributed by atoms with Gasteiger partial charge in [0.2, 0.25) is 0 Å². The zero-order valence-electron chi connectivity index (χ0n) is 7.04. The number of nitrogens with two attached hydrogens (primary N) is 1. The zero-order chi connectivity index (χ0) is 8.69. The molecule has 0 amide bonds. The Hall–Kier alpha value is -0.100. The van der Waals surface area contributed by atoms with Crippen molar-refractivity contribution in [3.63, 3.8) is 0 Å². The van der Waals surface area contributed by atoms with Crippen LogP contribution < -0.4 is 40.6 Å². The minimum Gasteiger partial charge on any atom is -0.550 e. The second-order valence-corrected chi connectivity index (χ2v) is 2.07. The zero-order valence-corrected chi connectivity index (χ0v) is 9.04. The number of carbonyl (C=O) groups excluding carboxylic acids is 2. The summed E-state index contributed by atoms with van der Waals surface area (Å²) in [7, 11) is 0. The van der Waals surface area contributed by atoms with Crippen molar-refractivity contribution in [2.75, 3.05) is 0 Å². The summed E-state index contributed by atoms with van der Waals surface area (Å²) in [6.07, 6.45) is 1.00. The Morgan fingerprint density at radius 2 is 1.75 bits per heavy atom. The van der Waals surface area contributed by atoms with E-state index in [1.807, 2.05) is 0 Å². The molecule has 0 rings (SSSR count). The number of carboxylic acids is 1. The normalized spacial score (nSPS) is 8.42. The molecule has 5 nitrogen and oxygen atoms in total. The first-order valence-electron chi connectivity index (χ1n) is 3.26. The Morgan fingerprint density at radius 1 is 1.25 bits per heavy atom. The van der Waals surface area contributed by atoms with Gasteiger partial charge in [-0.2, -0.15) is 5.90 Å². The fourth-order valence-corrected chi connectivity index (χ4v) is 0.598. The first kappa shape index (κ1) is 14.4. The smallest absolute Gasteiger partial charge is 0.550 e. The molecule has 0 unspecified atom stereocenters. The maximum atomic E-state index is 10.3. The molecule has 0 aliphatic heterocycles. The largest absolute Gasteiger partial charge is 1.00 e. The summed E-state index contributed by atoms with van der Waals surface area (Å²) in [5.41, 5.74) is 0. The van der Waals surface area contributed by atoms with Crippen LogP contribution in [0.25, 0.3) is 0 Å². The minimum absolute atomic E-state index is 0. The van der Waals surface area contributed by atoms with Gasteiger partial charge in [0, 0.05) is 12.4 Å². The number of carbonyl (C=O) groups is 2. The number of hydrogen-bond donors (Lipinski definition) is 1.